The first-order valence-electron chi connectivity index (χ1n) is 15.6. The van der Waals surface area contributed by atoms with Crippen LogP contribution in [0.4, 0.5) is 4.79 Å². The Kier molecular flexibility index (Phi) is 8.23. The standard InChI is InChI=1S/C33H45N7O2/c1-21(2)30-27-17-25(8-9-29(27)37-31(30)28-19-40-32(35-20-36-40)23(4)22(28)3)24-10-13-39(14-11-24)33(41)34-18-26-7-6-12-38(26)15-16-42-5/h8-9,17,19-21,24,26,37H,6-7,10-16,18H2,1-5H3,(H,34,41). The molecule has 2 amide bonds. The second-order valence-corrected chi connectivity index (χ2v) is 12.5. The number of H-pyrrole nitrogens is 1. The summed E-state index contributed by atoms with van der Waals surface area (Å²) in [5, 5.41) is 8.95. The molecule has 224 valence electrons. The fourth-order valence-electron chi connectivity index (χ4n) is 7.11. The maximum atomic E-state index is 13.0. The minimum Gasteiger partial charge on any atom is -0.383 e. The summed E-state index contributed by atoms with van der Waals surface area (Å²) in [7, 11) is 1.75. The summed E-state index contributed by atoms with van der Waals surface area (Å²) in [6.07, 6.45) is 8.02. The molecular weight excluding hydrogens is 526 g/mol. The first kappa shape index (κ1) is 28.7. The van der Waals surface area contributed by atoms with Crippen LogP contribution in [0.15, 0.2) is 30.7 Å². The number of amides is 2. The number of aromatic amines is 1. The highest BCUT2D eigenvalue weighted by molar-refractivity contribution is 5.92. The number of ether oxygens (including phenoxy) is 1. The van der Waals surface area contributed by atoms with Gasteiger partial charge in [-0.1, -0.05) is 19.9 Å². The molecule has 1 unspecified atom stereocenters. The van der Waals surface area contributed by atoms with Gasteiger partial charge in [-0.05, 0) is 92.3 Å². The summed E-state index contributed by atoms with van der Waals surface area (Å²) < 4.78 is 7.14. The van der Waals surface area contributed by atoms with Gasteiger partial charge in [0.25, 0.3) is 0 Å². The Morgan fingerprint density at radius 1 is 1.14 bits per heavy atom. The SMILES string of the molecule is COCCN1CCCC1CNC(=O)N1CCC(c2ccc3[nH]c(-c4cn5ncnc5c(C)c4C)c(C(C)C)c3c2)CC1. The van der Waals surface area contributed by atoms with Crippen LogP contribution in [-0.2, 0) is 4.74 Å². The molecule has 9 nitrogen and oxygen atoms in total. The number of benzene rings is 1. The lowest BCUT2D eigenvalue weighted by Crippen LogP contribution is -2.48. The van der Waals surface area contributed by atoms with Gasteiger partial charge in [-0.15, -0.1) is 0 Å². The molecule has 0 aliphatic carbocycles. The molecular formula is C33H45N7O2. The zero-order chi connectivity index (χ0) is 29.4. The van der Waals surface area contributed by atoms with E-state index >= 15 is 0 Å². The minimum absolute atomic E-state index is 0.0786. The average Bonchev–Trinajstić information content (AvgIpc) is 3.74. The van der Waals surface area contributed by atoms with Crippen LogP contribution in [0.25, 0.3) is 27.8 Å². The largest absolute Gasteiger partial charge is 0.383 e. The number of aromatic nitrogens is 4. The smallest absolute Gasteiger partial charge is 0.317 e. The molecule has 4 aromatic rings. The van der Waals surface area contributed by atoms with E-state index < -0.39 is 0 Å². The number of likely N-dealkylation sites (tertiary alicyclic amines) is 2. The van der Waals surface area contributed by atoms with Gasteiger partial charge in [0.1, 0.15) is 6.33 Å². The van der Waals surface area contributed by atoms with Crippen LogP contribution in [0.3, 0.4) is 0 Å². The molecule has 2 aliphatic heterocycles. The quantitative estimate of drug-likeness (QED) is 0.287. The van der Waals surface area contributed by atoms with Crippen molar-refractivity contribution in [3.05, 3.63) is 53.0 Å². The van der Waals surface area contributed by atoms with Crippen molar-refractivity contribution >= 4 is 22.6 Å². The summed E-state index contributed by atoms with van der Waals surface area (Å²) in [5.41, 5.74) is 9.51. The van der Waals surface area contributed by atoms with Crippen molar-refractivity contribution in [3.8, 4) is 11.3 Å². The van der Waals surface area contributed by atoms with E-state index in [-0.39, 0.29) is 6.03 Å². The first-order chi connectivity index (χ1) is 20.4. The van der Waals surface area contributed by atoms with Crippen LogP contribution in [-0.4, -0.2) is 87.9 Å². The number of aryl methyl sites for hydroxylation is 1. The zero-order valence-electron chi connectivity index (χ0n) is 25.7. The predicted molar refractivity (Wildman–Crippen MR) is 167 cm³/mol. The molecule has 0 saturated carbocycles. The van der Waals surface area contributed by atoms with E-state index in [2.05, 4.69) is 77.4 Å². The van der Waals surface area contributed by atoms with Crippen LogP contribution in [0.1, 0.15) is 73.6 Å². The molecule has 42 heavy (non-hydrogen) atoms. The lowest BCUT2D eigenvalue weighted by atomic mass is 9.87. The van der Waals surface area contributed by atoms with Crippen LogP contribution in [0, 0.1) is 13.8 Å². The number of rotatable bonds is 8. The van der Waals surface area contributed by atoms with Crippen molar-refractivity contribution < 1.29 is 9.53 Å². The average molecular weight is 572 g/mol. The molecule has 0 spiro atoms. The number of urea groups is 1. The van der Waals surface area contributed by atoms with E-state index in [9.17, 15) is 4.79 Å². The monoisotopic (exact) mass is 571 g/mol. The third-order valence-electron chi connectivity index (χ3n) is 9.66. The first-order valence-corrected chi connectivity index (χ1v) is 15.6. The number of carbonyl (C=O) groups is 1. The van der Waals surface area contributed by atoms with E-state index in [4.69, 9.17) is 4.74 Å². The number of fused-ring (bicyclic) bond motifs is 2. The number of methoxy groups -OCH3 is 1. The topological polar surface area (TPSA) is 90.8 Å². The van der Waals surface area contributed by atoms with Gasteiger partial charge >= 0.3 is 6.03 Å². The lowest BCUT2D eigenvalue weighted by Gasteiger charge is -2.33. The summed E-state index contributed by atoms with van der Waals surface area (Å²) in [6, 6.07) is 7.42. The van der Waals surface area contributed by atoms with E-state index in [0.29, 0.717) is 17.9 Å². The summed E-state index contributed by atoms with van der Waals surface area (Å²) in [5.74, 6) is 0.803. The van der Waals surface area contributed by atoms with Gasteiger partial charge in [-0.2, -0.15) is 5.10 Å². The Morgan fingerprint density at radius 3 is 2.71 bits per heavy atom. The molecule has 3 aromatic heterocycles. The second-order valence-electron chi connectivity index (χ2n) is 12.5. The highest BCUT2D eigenvalue weighted by Gasteiger charge is 2.28. The van der Waals surface area contributed by atoms with Crippen molar-refractivity contribution in [2.24, 2.45) is 0 Å². The number of nitrogens with zero attached hydrogens (tertiary/aromatic N) is 5. The normalized spacial score (nSPS) is 18.6. The Bertz CT molecular complexity index is 1560. The molecule has 2 saturated heterocycles. The molecule has 9 heteroatoms. The van der Waals surface area contributed by atoms with Gasteiger partial charge in [0, 0.05) is 62.0 Å². The Hall–Kier alpha value is -3.43. The molecule has 0 radical (unpaired) electrons. The van der Waals surface area contributed by atoms with Gasteiger partial charge in [0.2, 0.25) is 0 Å². The van der Waals surface area contributed by atoms with Crippen LogP contribution >= 0.6 is 0 Å². The van der Waals surface area contributed by atoms with Crippen molar-refractivity contribution in [2.75, 3.05) is 46.4 Å². The summed E-state index contributed by atoms with van der Waals surface area (Å²) in [6.45, 7) is 13.9. The van der Waals surface area contributed by atoms with E-state index in [1.165, 1.54) is 39.8 Å². The number of nitrogens with one attached hydrogen (secondary N) is 2. The fourth-order valence-corrected chi connectivity index (χ4v) is 7.11. The van der Waals surface area contributed by atoms with E-state index in [1.54, 1.807) is 13.4 Å². The molecule has 0 bridgehead atoms. The number of hydrogen-bond donors (Lipinski definition) is 2. The van der Waals surface area contributed by atoms with Crippen LogP contribution in [0.2, 0.25) is 0 Å². The highest BCUT2D eigenvalue weighted by Crippen LogP contribution is 2.40. The molecule has 5 heterocycles. The van der Waals surface area contributed by atoms with Crippen molar-refractivity contribution in [3.63, 3.8) is 0 Å². The molecule has 2 aliphatic rings. The van der Waals surface area contributed by atoms with Gasteiger partial charge in [0.05, 0.1) is 12.3 Å². The van der Waals surface area contributed by atoms with E-state index in [1.807, 2.05) is 9.42 Å². The molecule has 1 atom stereocenters. The third kappa shape index (κ3) is 5.40. The number of hydrogen-bond acceptors (Lipinski definition) is 5. The number of piperidine rings is 1. The predicted octanol–water partition coefficient (Wildman–Crippen LogP) is 5.62. The molecule has 2 fully saturated rings. The lowest BCUT2D eigenvalue weighted by molar-refractivity contribution is 0.138. The summed E-state index contributed by atoms with van der Waals surface area (Å²) >= 11 is 0. The van der Waals surface area contributed by atoms with Gasteiger partial charge in [0.15, 0.2) is 5.65 Å². The minimum atomic E-state index is 0.0786. The van der Waals surface area contributed by atoms with Crippen LogP contribution in [0.5, 0.6) is 0 Å². The number of carbonyl (C=O) groups excluding carboxylic acids is 1. The molecule has 6 rings (SSSR count). The maximum Gasteiger partial charge on any atom is 0.317 e. The van der Waals surface area contributed by atoms with Crippen molar-refractivity contribution in [1.29, 1.82) is 0 Å². The van der Waals surface area contributed by atoms with Crippen LogP contribution < -0.4 is 5.32 Å². The third-order valence-corrected chi connectivity index (χ3v) is 9.66. The Labute approximate surface area is 248 Å². The summed E-state index contributed by atoms with van der Waals surface area (Å²) in [4.78, 5) is 25.7. The maximum absolute atomic E-state index is 13.0. The van der Waals surface area contributed by atoms with Crippen molar-refractivity contribution in [1.82, 2.24) is 34.7 Å². The van der Waals surface area contributed by atoms with Crippen molar-refractivity contribution in [2.45, 2.75) is 71.3 Å². The Morgan fingerprint density at radius 2 is 1.95 bits per heavy atom. The molecule has 1 aromatic carbocycles. The molecule has 2 N–H and O–H groups in total. The highest BCUT2D eigenvalue weighted by atomic mass is 16.5. The van der Waals surface area contributed by atoms with Gasteiger partial charge < -0.3 is 19.9 Å². The van der Waals surface area contributed by atoms with Gasteiger partial charge in [-0.3, -0.25) is 4.90 Å². The second kappa shape index (κ2) is 12.1. The number of pyridine rings is 1. The zero-order valence-corrected chi connectivity index (χ0v) is 25.7. The van der Waals surface area contributed by atoms with Gasteiger partial charge in [-0.25, -0.2) is 14.3 Å². The Balaban J connectivity index is 1.16. The van der Waals surface area contributed by atoms with E-state index in [0.717, 1.165) is 75.3 Å². The fraction of sp³-hybridized carbons (Fsp3) is 0.545.